The van der Waals surface area contributed by atoms with Crippen LogP contribution >= 0.6 is 0 Å². The summed E-state index contributed by atoms with van der Waals surface area (Å²) in [7, 11) is -8.62. The number of aromatic nitrogens is 1. The van der Waals surface area contributed by atoms with Gasteiger partial charge < -0.3 is 88.4 Å². The smallest absolute Gasteiger partial charge is 0.747 e. The molecule has 0 aliphatic carbocycles. The second kappa shape index (κ2) is 60.6. The van der Waals surface area contributed by atoms with E-state index in [1.165, 1.54) is 18.3 Å². The number of ketones is 3. The Labute approximate surface area is 748 Å². The number of pyridine rings is 1. The molecular formula is C66H96N14Na4O25S4. The Balaban J connectivity index is -0.00000959. The third kappa shape index (κ3) is 48.0. The van der Waals surface area contributed by atoms with Gasteiger partial charge in [-0.3, -0.25) is 71.8 Å². The monoisotopic (exact) mass is 1700 g/mol. The maximum absolute atomic E-state index is 14.8. The number of aliphatic hydroxyl groups is 2. The number of rotatable bonds is 36. The van der Waals surface area contributed by atoms with Gasteiger partial charge in [-0.2, -0.15) is 0 Å². The van der Waals surface area contributed by atoms with E-state index in [4.69, 9.17) is 25.3 Å². The first-order chi connectivity index (χ1) is 51.3. The first-order valence-electron chi connectivity index (χ1n) is 34.2. The van der Waals surface area contributed by atoms with Crippen molar-refractivity contribution in [3.63, 3.8) is 0 Å². The molecule has 3 aromatic rings. The van der Waals surface area contributed by atoms with Crippen LogP contribution in [0, 0.1) is 37.8 Å². The van der Waals surface area contributed by atoms with Crippen LogP contribution in [-0.2, 0) is 95.8 Å². The Hall–Kier alpha value is -4.86. The first kappa shape index (κ1) is 112. The third-order valence-electron chi connectivity index (χ3n) is 16.2. The predicted molar refractivity (Wildman–Crippen MR) is 386 cm³/mol. The zero-order valence-corrected chi connectivity index (χ0v) is 75.6. The SMILES string of the molecule is O=S(=O)=O.O=S(=O)=O.[CH2-]NCC[C@@H]1NC(=O)[C@@H](NC(=O)[C@@H](CN[CH2-])CC(=O)[C@H](CO)NC(=O)[C@H](CCNCS(=O)(=O)[O-])CC(=O)c2ccnc(-c3ccccc3)c2)CCNC(=O)[C@H]([C@@H](C)O)NC(=O)[C@H](CCNCS(=O)(=O)[O-])NC(=O)[C@H](CCNCC)NC(=O)[C@H](CC(C)C)CC(=O)[C@@H](Cc2ccccc2)NC1=O.[Na+].[Na+].[Na+].[Na+]. The maximum Gasteiger partial charge on any atom is 1.00 e. The molecule has 0 radical (unpaired) electrons. The summed E-state index contributed by atoms with van der Waals surface area (Å²) in [6, 6.07) is 8.99. The molecule has 113 heavy (non-hydrogen) atoms. The van der Waals surface area contributed by atoms with Crippen molar-refractivity contribution in [2.45, 2.75) is 140 Å². The number of aliphatic hydroxyl groups excluding tert-OH is 2. The van der Waals surface area contributed by atoms with Crippen molar-refractivity contribution in [3.8, 4) is 11.3 Å². The number of carbonyl (C=O) groups excluding carboxylic acids is 11. The van der Waals surface area contributed by atoms with E-state index in [0.717, 1.165) is 6.92 Å². The number of nitrogens with one attached hydrogen (secondary N) is 13. The molecule has 8 amide bonds. The molecule has 608 valence electrons. The van der Waals surface area contributed by atoms with E-state index < -0.39 is 242 Å². The third-order valence-corrected chi connectivity index (χ3v) is 17.4. The minimum absolute atomic E-state index is 0. The van der Waals surface area contributed by atoms with Crippen molar-refractivity contribution in [2.24, 2.45) is 23.7 Å². The molecule has 1 aromatic heterocycles. The number of nitrogens with zero attached hydrogens (tertiary/aromatic N) is 1. The molecule has 39 nitrogen and oxygen atoms in total. The van der Waals surface area contributed by atoms with Crippen LogP contribution in [0.2, 0.25) is 0 Å². The Kier molecular flexibility index (Phi) is 60.2. The van der Waals surface area contributed by atoms with E-state index in [9.17, 15) is 88.9 Å². The number of Topliss-reactive ketones (excluding diaryl/α,β-unsaturated/α-hetero) is 3. The van der Waals surface area contributed by atoms with Crippen LogP contribution in [0.15, 0.2) is 79.0 Å². The van der Waals surface area contributed by atoms with Gasteiger partial charge in [0.1, 0.15) is 56.5 Å². The molecule has 0 bridgehead atoms. The summed E-state index contributed by atoms with van der Waals surface area (Å²) in [6.45, 7) is 4.38. The summed E-state index contributed by atoms with van der Waals surface area (Å²) in [4.78, 5) is 163. The number of hydrogen-bond acceptors (Lipinski definition) is 31. The molecule has 47 heteroatoms. The van der Waals surface area contributed by atoms with Crippen molar-refractivity contribution < 1.29 is 232 Å². The van der Waals surface area contributed by atoms with Gasteiger partial charge in [-0.05, 0) is 115 Å². The van der Waals surface area contributed by atoms with Gasteiger partial charge in [0.05, 0.1) is 42.1 Å². The Morgan fingerprint density at radius 1 is 0.628 bits per heavy atom. The normalized spacial score (nSPS) is 19.1. The minimum Gasteiger partial charge on any atom is -0.747 e. The van der Waals surface area contributed by atoms with Gasteiger partial charge in [0.25, 0.3) is 0 Å². The van der Waals surface area contributed by atoms with Crippen molar-refractivity contribution >= 4 is 106 Å². The Morgan fingerprint density at radius 2 is 1.13 bits per heavy atom. The summed E-state index contributed by atoms with van der Waals surface area (Å²) in [6.07, 6.45) is -3.65. The van der Waals surface area contributed by atoms with Crippen molar-refractivity contribution in [1.82, 2.24) is 74.1 Å². The molecule has 1 saturated heterocycles. The molecule has 0 unspecified atom stereocenters. The van der Waals surface area contributed by atoms with Gasteiger partial charge in [0.2, 0.25) is 47.3 Å². The van der Waals surface area contributed by atoms with Gasteiger partial charge >= 0.3 is 139 Å². The minimum atomic E-state index is -4.83. The number of carbonyl (C=O) groups is 11. The van der Waals surface area contributed by atoms with Crippen LogP contribution in [0.1, 0.15) is 101 Å². The fourth-order valence-electron chi connectivity index (χ4n) is 10.9. The molecule has 0 spiro atoms. The average molecular weight is 1710 g/mol. The summed E-state index contributed by atoms with van der Waals surface area (Å²) in [5.41, 5.74) is 1.83. The second-order valence-electron chi connectivity index (χ2n) is 25.3. The Bertz CT molecular complexity index is 3950. The van der Waals surface area contributed by atoms with Crippen LogP contribution in [0.25, 0.3) is 11.3 Å². The quantitative estimate of drug-likeness (QED) is 0.00845. The van der Waals surface area contributed by atoms with Gasteiger partial charge in [-0.1, -0.05) is 81.4 Å². The zero-order chi connectivity index (χ0) is 82.0. The van der Waals surface area contributed by atoms with Gasteiger partial charge in [0.15, 0.2) is 17.3 Å². The maximum atomic E-state index is 14.8. The van der Waals surface area contributed by atoms with Gasteiger partial charge in [-0.15, -0.1) is 25.3 Å². The van der Waals surface area contributed by atoms with E-state index in [1.807, 2.05) is 0 Å². The molecule has 1 aliphatic rings. The van der Waals surface area contributed by atoms with Crippen LogP contribution in [0.4, 0.5) is 0 Å². The Morgan fingerprint density at radius 3 is 1.65 bits per heavy atom. The predicted octanol–water partition coefficient (Wildman–Crippen LogP) is -17.2. The molecule has 2 heterocycles. The van der Waals surface area contributed by atoms with Crippen molar-refractivity contribution in [1.29, 1.82) is 0 Å². The molecule has 2 aromatic carbocycles. The van der Waals surface area contributed by atoms with Crippen molar-refractivity contribution in [3.05, 3.63) is 104 Å². The van der Waals surface area contributed by atoms with Crippen LogP contribution in [-0.4, -0.2) is 244 Å². The van der Waals surface area contributed by atoms with E-state index >= 15 is 0 Å². The number of amides is 8. The van der Waals surface area contributed by atoms with E-state index in [-0.39, 0.29) is 181 Å². The van der Waals surface area contributed by atoms with Crippen LogP contribution in [0.3, 0.4) is 0 Å². The van der Waals surface area contributed by atoms with Gasteiger partial charge in [-0.25, -0.2) is 16.8 Å². The summed E-state index contributed by atoms with van der Waals surface area (Å²) in [5, 5.41) is 55.0. The topological polar surface area (TPSA) is 614 Å². The zero-order valence-electron chi connectivity index (χ0n) is 64.4. The summed E-state index contributed by atoms with van der Waals surface area (Å²) in [5.74, 6) is -16.3. The summed E-state index contributed by atoms with van der Waals surface area (Å²) < 4.78 is 119. The van der Waals surface area contributed by atoms with Gasteiger partial charge in [0, 0.05) is 55.0 Å². The standard InChI is InChI=1S/C66H98N14O19S2.4Na.2O3S/c1-7-69-26-21-49-62(89)77-50(22-27-71-39-101(97,98)99)65(92)80-58(41(4)82)66(93)73-29-23-51(63(90)76-48(20-24-67-5)64(91)78-53(31-42-14-10-8-11-15-42)56(84)34-46(30-40(2)3)60(87)74-49)75-61(88)47(36-68-6)35-57(85)54(37-81)79-59(86)45(18-25-70-38-100(94,95)96)33-55(83)44-19-28-72-52(32-44)43-16-12-9-13-17-43;;;;;2*1-4(2)3/h8-17,19,28,32,40-41,45-51,53-54,58,67-71,81-82H,5-7,18,20-27,29-31,33-39H2,1-4H3,(H,73,93)(H,74,87)(H,75,88)(H,76,90)(H,77,89)(H,78,91)(H,79,86)(H,80,92)(H,94,95,96)(H,97,98,99);;;;;;/q-2;4*+1;;/p-2/t41-,45-,46-,47-,48+,49+,50+,51+,53-,54+,58+;;;;;;/m1....../s1. The van der Waals surface area contributed by atoms with Crippen LogP contribution in [0.5, 0.6) is 0 Å². The number of hydrogen-bond donors (Lipinski definition) is 15. The molecule has 4 rings (SSSR count). The molecular weight excluding hydrogens is 1610 g/mol. The number of benzene rings is 2. The largest absolute Gasteiger partial charge is 1.00 e. The average Bonchev–Trinajstić information content (AvgIpc) is 1.03. The molecule has 0 saturated carbocycles. The van der Waals surface area contributed by atoms with Crippen molar-refractivity contribution in [2.75, 3.05) is 64.2 Å². The van der Waals surface area contributed by atoms with Crippen LogP contribution < -0.4 is 187 Å². The van der Waals surface area contributed by atoms with E-state index in [1.54, 1.807) is 81.4 Å². The first-order valence-corrected chi connectivity index (χ1v) is 39.3. The van der Waals surface area contributed by atoms with E-state index in [2.05, 4.69) is 88.2 Å². The summed E-state index contributed by atoms with van der Waals surface area (Å²) >= 11 is 0. The van der Waals surface area contributed by atoms with E-state index in [0.29, 0.717) is 23.4 Å². The fourth-order valence-corrected chi connectivity index (χ4v) is 11.7. The molecule has 1 fully saturated rings. The molecule has 1 aliphatic heterocycles. The molecule has 11 atom stereocenters. The fraction of sp³-hybridized carbons (Fsp3) is 0.545. The molecule has 15 N–H and O–H groups in total. The second-order valence-corrected chi connectivity index (χ2v) is 28.9.